The monoisotopic (exact) mass is 309 g/mol. The SMILES string of the molecule is C=CCOc1ccc(CN(C)c2cc(C)nc3ncnn23)cc1. The lowest BCUT2D eigenvalue weighted by atomic mass is 10.2. The Balaban J connectivity index is 1.79. The van der Waals surface area contributed by atoms with E-state index in [1.54, 1.807) is 10.6 Å². The lowest BCUT2D eigenvalue weighted by Crippen LogP contribution is -2.20. The van der Waals surface area contributed by atoms with Gasteiger partial charge in [0, 0.05) is 25.4 Å². The van der Waals surface area contributed by atoms with Gasteiger partial charge in [0.2, 0.25) is 0 Å². The van der Waals surface area contributed by atoms with E-state index in [-0.39, 0.29) is 0 Å². The highest BCUT2D eigenvalue weighted by Crippen LogP contribution is 2.18. The molecular formula is C17H19N5O. The Hall–Kier alpha value is -2.89. The van der Waals surface area contributed by atoms with Crippen molar-refractivity contribution in [3.8, 4) is 5.75 Å². The van der Waals surface area contributed by atoms with Gasteiger partial charge in [-0.15, -0.1) is 0 Å². The van der Waals surface area contributed by atoms with Crippen molar-refractivity contribution in [3.05, 3.63) is 60.6 Å². The lowest BCUT2D eigenvalue weighted by molar-refractivity contribution is 0.363. The minimum atomic E-state index is 0.514. The second-order valence-corrected chi connectivity index (χ2v) is 5.33. The van der Waals surface area contributed by atoms with Crippen LogP contribution in [0, 0.1) is 6.92 Å². The zero-order valence-electron chi connectivity index (χ0n) is 13.3. The topological polar surface area (TPSA) is 55.5 Å². The van der Waals surface area contributed by atoms with Crippen molar-refractivity contribution in [2.24, 2.45) is 0 Å². The molecule has 0 bridgehead atoms. The Labute approximate surface area is 135 Å². The van der Waals surface area contributed by atoms with Crippen LogP contribution in [-0.4, -0.2) is 33.2 Å². The number of aryl methyl sites for hydroxylation is 1. The van der Waals surface area contributed by atoms with Gasteiger partial charge in [-0.25, -0.2) is 4.98 Å². The minimum Gasteiger partial charge on any atom is -0.490 e. The van der Waals surface area contributed by atoms with E-state index < -0.39 is 0 Å². The van der Waals surface area contributed by atoms with Crippen LogP contribution in [0.3, 0.4) is 0 Å². The van der Waals surface area contributed by atoms with E-state index >= 15 is 0 Å². The van der Waals surface area contributed by atoms with Gasteiger partial charge in [0.05, 0.1) is 0 Å². The van der Waals surface area contributed by atoms with Crippen LogP contribution >= 0.6 is 0 Å². The number of fused-ring (bicyclic) bond motifs is 1. The molecule has 6 nitrogen and oxygen atoms in total. The number of anilines is 1. The van der Waals surface area contributed by atoms with Gasteiger partial charge in [0.15, 0.2) is 0 Å². The summed E-state index contributed by atoms with van der Waals surface area (Å²) < 4.78 is 7.25. The van der Waals surface area contributed by atoms with Crippen LogP contribution in [0.15, 0.2) is 49.3 Å². The summed E-state index contributed by atoms with van der Waals surface area (Å²) in [5.41, 5.74) is 2.10. The maximum atomic E-state index is 5.50. The van der Waals surface area contributed by atoms with Crippen molar-refractivity contribution < 1.29 is 4.74 Å². The smallest absolute Gasteiger partial charge is 0.254 e. The van der Waals surface area contributed by atoms with Gasteiger partial charge in [-0.1, -0.05) is 24.8 Å². The number of ether oxygens (including phenoxy) is 1. The van der Waals surface area contributed by atoms with Crippen LogP contribution in [0.25, 0.3) is 5.78 Å². The van der Waals surface area contributed by atoms with Gasteiger partial charge in [-0.3, -0.25) is 0 Å². The summed E-state index contributed by atoms with van der Waals surface area (Å²) in [6, 6.07) is 10.1. The molecule has 2 aromatic heterocycles. The van der Waals surface area contributed by atoms with Crippen molar-refractivity contribution in [3.63, 3.8) is 0 Å². The Morgan fingerprint density at radius 3 is 2.83 bits per heavy atom. The maximum Gasteiger partial charge on any atom is 0.254 e. The molecule has 2 heterocycles. The molecule has 0 aliphatic rings. The summed E-state index contributed by atoms with van der Waals surface area (Å²) >= 11 is 0. The summed E-state index contributed by atoms with van der Waals surface area (Å²) in [5.74, 6) is 2.41. The van der Waals surface area contributed by atoms with Crippen LogP contribution in [0.2, 0.25) is 0 Å². The molecule has 0 unspecified atom stereocenters. The molecule has 0 saturated heterocycles. The number of hydrogen-bond acceptors (Lipinski definition) is 5. The quantitative estimate of drug-likeness (QED) is 0.655. The van der Waals surface area contributed by atoms with Crippen molar-refractivity contribution in [1.82, 2.24) is 19.6 Å². The van der Waals surface area contributed by atoms with Gasteiger partial charge in [0.1, 0.15) is 24.5 Å². The van der Waals surface area contributed by atoms with Crippen LogP contribution in [0.1, 0.15) is 11.3 Å². The largest absolute Gasteiger partial charge is 0.490 e. The lowest BCUT2D eigenvalue weighted by Gasteiger charge is -2.20. The molecule has 0 amide bonds. The molecule has 0 N–H and O–H groups in total. The minimum absolute atomic E-state index is 0.514. The highest BCUT2D eigenvalue weighted by Gasteiger charge is 2.10. The first kappa shape index (κ1) is 15.0. The third kappa shape index (κ3) is 3.31. The third-order valence-corrected chi connectivity index (χ3v) is 3.46. The third-order valence-electron chi connectivity index (χ3n) is 3.46. The normalized spacial score (nSPS) is 10.7. The Morgan fingerprint density at radius 1 is 1.30 bits per heavy atom. The van der Waals surface area contributed by atoms with Crippen LogP contribution in [0.5, 0.6) is 5.75 Å². The van der Waals surface area contributed by atoms with Crippen molar-refractivity contribution in [1.29, 1.82) is 0 Å². The van der Waals surface area contributed by atoms with Gasteiger partial charge in [-0.2, -0.15) is 14.6 Å². The molecule has 118 valence electrons. The first-order valence-electron chi connectivity index (χ1n) is 7.38. The molecule has 6 heteroatoms. The fourth-order valence-corrected chi connectivity index (χ4v) is 2.38. The summed E-state index contributed by atoms with van der Waals surface area (Å²) in [7, 11) is 2.03. The molecule has 0 saturated carbocycles. The maximum absolute atomic E-state index is 5.50. The van der Waals surface area contributed by atoms with Crippen molar-refractivity contribution in [2.45, 2.75) is 13.5 Å². The molecule has 3 rings (SSSR count). The summed E-state index contributed by atoms with van der Waals surface area (Å²) in [6.07, 6.45) is 3.25. The fraction of sp³-hybridized carbons (Fsp3) is 0.235. The molecule has 0 atom stereocenters. The van der Waals surface area contributed by atoms with Gasteiger partial charge in [-0.05, 0) is 24.6 Å². The van der Waals surface area contributed by atoms with Gasteiger partial charge < -0.3 is 9.64 Å². The standard InChI is InChI=1S/C17H19N5O/c1-4-9-23-15-7-5-14(6-8-15)11-21(3)16-10-13(2)20-17-18-12-19-22(16)17/h4-8,10,12H,1,9,11H2,2-3H3. The van der Waals surface area contributed by atoms with E-state index in [4.69, 9.17) is 4.74 Å². The first-order valence-corrected chi connectivity index (χ1v) is 7.38. The molecule has 0 fully saturated rings. The Bertz CT molecular complexity index is 809. The number of nitrogens with zero attached hydrogens (tertiary/aromatic N) is 5. The zero-order valence-corrected chi connectivity index (χ0v) is 13.3. The number of aromatic nitrogens is 4. The van der Waals surface area contributed by atoms with E-state index in [9.17, 15) is 0 Å². The molecule has 0 aliphatic heterocycles. The number of benzene rings is 1. The summed E-state index contributed by atoms with van der Waals surface area (Å²) in [5, 5.41) is 4.24. The molecule has 23 heavy (non-hydrogen) atoms. The average molecular weight is 309 g/mol. The van der Waals surface area contributed by atoms with Crippen LogP contribution < -0.4 is 9.64 Å². The predicted molar refractivity (Wildman–Crippen MR) is 89.8 cm³/mol. The highest BCUT2D eigenvalue weighted by molar-refractivity contribution is 5.47. The van der Waals surface area contributed by atoms with E-state index in [0.29, 0.717) is 12.4 Å². The molecular weight excluding hydrogens is 290 g/mol. The van der Waals surface area contributed by atoms with Crippen LogP contribution in [-0.2, 0) is 6.54 Å². The van der Waals surface area contributed by atoms with E-state index in [1.807, 2.05) is 32.2 Å². The Kier molecular flexibility index (Phi) is 4.23. The van der Waals surface area contributed by atoms with E-state index in [1.165, 1.54) is 11.9 Å². The van der Waals surface area contributed by atoms with E-state index in [2.05, 4.69) is 38.7 Å². The molecule has 3 aromatic rings. The molecule has 1 aromatic carbocycles. The number of hydrogen-bond donors (Lipinski definition) is 0. The molecule has 0 spiro atoms. The van der Waals surface area contributed by atoms with Crippen molar-refractivity contribution >= 4 is 11.6 Å². The van der Waals surface area contributed by atoms with Gasteiger partial charge >= 0.3 is 0 Å². The first-order chi connectivity index (χ1) is 11.2. The molecule has 0 radical (unpaired) electrons. The van der Waals surface area contributed by atoms with E-state index in [0.717, 1.165) is 23.8 Å². The van der Waals surface area contributed by atoms with Crippen molar-refractivity contribution in [2.75, 3.05) is 18.6 Å². The zero-order chi connectivity index (χ0) is 16.2. The predicted octanol–water partition coefficient (Wildman–Crippen LogP) is 2.63. The van der Waals surface area contributed by atoms with Gasteiger partial charge in [0.25, 0.3) is 5.78 Å². The fourth-order valence-electron chi connectivity index (χ4n) is 2.38. The average Bonchev–Trinajstić information content (AvgIpc) is 3.01. The Morgan fingerprint density at radius 2 is 2.09 bits per heavy atom. The summed E-state index contributed by atoms with van der Waals surface area (Å²) in [4.78, 5) is 10.6. The second kappa shape index (κ2) is 6.48. The highest BCUT2D eigenvalue weighted by atomic mass is 16.5. The summed E-state index contributed by atoms with van der Waals surface area (Å²) in [6.45, 7) is 6.86. The number of rotatable bonds is 6. The second-order valence-electron chi connectivity index (χ2n) is 5.33. The molecule has 0 aliphatic carbocycles. The van der Waals surface area contributed by atoms with Crippen LogP contribution in [0.4, 0.5) is 5.82 Å².